The van der Waals surface area contributed by atoms with Crippen molar-refractivity contribution in [2.24, 2.45) is 0 Å². The fourth-order valence-electron chi connectivity index (χ4n) is 0.982. The van der Waals surface area contributed by atoms with Gasteiger partial charge in [0, 0.05) is 11.4 Å². The second-order valence-corrected chi connectivity index (χ2v) is 6.46. The first-order valence-electron chi connectivity index (χ1n) is 4.35. The Balaban J connectivity index is 3.08. The number of hydrogen-bond donors (Lipinski definition) is 1. The van der Waals surface area contributed by atoms with Crippen LogP contribution in [-0.4, -0.2) is 26.2 Å². The molecule has 0 aliphatic rings. The van der Waals surface area contributed by atoms with Gasteiger partial charge in [0.1, 0.15) is 0 Å². The van der Waals surface area contributed by atoms with Gasteiger partial charge >= 0.3 is 0 Å². The third kappa shape index (κ3) is 2.31. The molecule has 0 saturated heterocycles. The molecule has 0 unspecified atom stereocenters. The number of sulfone groups is 1. The Labute approximate surface area is 88.3 Å². The molecule has 0 aliphatic carbocycles. The molecular weight excluding hydrogens is 220 g/mol. The van der Waals surface area contributed by atoms with E-state index in [1.165, 1.54) is 11.3 Å². The van der Waals surface area contributed by atoms with Gasteiger partial charge in [0.15, 0.2) is 0 Å². The molecule has 0 atom stereocenters. The molecule has 1 N–H and O–H groups in total. The van der Waals surface area contributed by atoms with E-state index in [1.54, 1.807) is 6.92 Å². The quantitative estimate of drug-likeness (QED) is 0.843. The number of hydrogen-bond acceptors (Lipinski definition) is 5. The molecule has 80 valence electrons. The smallest absolute Gasteiger partial charge is 0.209 e. The maximum atomic E-state index is 11.5. The molecule has 1 heterocycles. The number of nitrogens with zero attached hydrogens (tertiary/aromatic N) is 1. The van der Waals surface area contributed by atoms with Gasteiger partial charge in [-0.3, -0.25) is 0 Å². The Morgan fingerprint density at radius 2 is 2.14 bits per heavy atom. The highest BCUT2D eigenvalue weighted by molar-refractivity contribution is 7.93. The Bertz CT molecular complexity index is 409. The van der Waals surface area contributed by atoms with E-state index < -0.39 is 9.84 Å². The Hall–Kier alpha value is -0.460. The molecule has 0 fully saturated rings. The number of nitrogens with one attached hydrogen (secondary N) is 1. The fourth-order valence-corrected chi connectivity index (χ4v) is 3.47. The second-order valence-electron chi connectivity index (χ2n) is 2.92. The Kier molecular flexibility index (Phi) is 3.63. The van der Waals surface area contributed by atoms with Crippen LogP contribution in [0.4, 0.5) is 0 Å². The van der Waals surface area contributed by atoms with Crippen molar-refractivity contribution in [2.45, 2.75) is 24.7 Å². The fraction of sp³-hybridized carbons (Fsp3) is 0.625. The van der Waals surface area contributed by atoms with Gasteiger partial charge in [0.25, 0.3) is 0 Å². The summed E-state index contributed by atoms with van der Waals surface area (Å²) in [5, 5.41) is 2.98. The number of rotatable bonds is 4. The van der Waals surface area contributed by atoms with Crippen LogP contribution < -0.4 is 5.32 Å². The van der Waals surface area contributed by atoms with E-state index in [4.69, 9.17) is 0 Å². The van der Waals surface area contributed by atoms with Crippen molar-refractivity contribution in [1.29, 1.82) is 0 Å². The van der Waals surface area contributed by atoms with Gasteiger partial charge in [-0.2, -0.15) is 0 Å². The largest absolute Gasteiger partial charge is 0.315 e. The molecular formula is C8H14N2O2S2. The molecule has 1 rings (SSSR count). The molecule has 0 amide bonds. The average molecular weight is 234 g/mol. The molecule has 14 heavy (non-hydrogen) atoms. The van der Waals surface area contributed by atoms with Crippen LogP contribution in [0, 0.1) is 6.92 Å². The van der Waals surface area contributed by atoms with Gasteiger partial charge in [-0.05, 0) is 14.0 Å². The van der Waals surface area contributed by atoms with Crippen LogP contribution in [0.1, 0.15) is 17.5 Å². The minimum Gasteiger partial charge on any atom is -0.315 e. The third-order valence-corrected chi connectivity index (χ3v) is 5.20. The normalized spacial score (nSPS) is 11.9. The highest BCUT2D eigenvalue weighted by atomic mass is 32.2. The van der Waals surface area contributed by atoms with Gasteiger partial charge in [0.2, 0.25) is 14.2 Å². The van der Waals surface area contributed by atoms with E-state index in [2.05, 4.69) is 10.3 Å². The molecule has 1 aromatic rings. The van der Waals surface area contributed by atoms with E-state index in [9.17, 15) is 8.42 Å². The van der Waals surface area contributed by atoms with Crippen molar-refractivity contribution >= 4 is 21.2 Å². The lowest BCUT2D eigenvalue weighted by atomic mass is 10.4. The predicted octanol–water partition coefficient (Wildman–Crippen LogP) is 0.965. The SMILES string of the molecule is CCS(=O)(=O)c1nc(C)c(CNC)s1. The first-order valence-corrected chi connectivity index (χ1v) is 6.81. The molecule has 0 bridgehead atoms. The van der Waals surface area contributed by atoms with Gasteiger partial charge in [-0.1, -0.05) is 6.92 Å². The van der Waals surface area contributed by atoms with E-state index in [-0.39, 0.29) is 10.1 Å². The van der Waals surface area contributed by atoms with Crippen molar-refractivity contribution in [2.75, 3.05) is 12.8 Å². The van der Waals surface area contributed by atoms with E-state index in [0.29, 0.717) is 6.54 Å². The van der Waals surface area contributed by atoms with Gasteiger partial charge < -0.3 is 5.32 Å². The van der Waals surface area contributed by atoms with Crippen molar-refractivity contribution in [3.63, 3.8) is 0 Å². The van der Waals surface area contributed by atoms with Crippen molar-refractivity contribution in [3.8, 4) is 0 Å². The molecule has 0 radical (unpaired) electrons. The van der Waals surface area contributed by atoms with Crippen molar-refractivity contribution < 1.29 is 8.42 Å². The highest BCUT2D eigenvalue weighted by Gasteiger charge is 2.18. The third-order valence-electron chi connectivity index (χ3n) is 1.86. The summed E-state index contributed by atoms with van der Waals surface area (Å²) in [6.45, 7) is 4.13. The number of aryl methyl sites for hydroxylation is 1. The van der Waals surface area contributed by atoms with Crippen LogP contribution in [0.5, 0.6) is 0 Å². The summed E-state index contributed by atoms with van der Waals surface area (Å²) in [6, 6.07) is 0. The molecule has 4 nitrogen and oxygen atoms in total. The Morgan fingerprint density at radius 1 is 1.50 bits per heavy atom. The van der Waals surface area contributed by atoms with Crippen molar-refractivity contribution in [3.05, 3.63) is 10.6 Å². The molecule has 0 saturated carbocycles. The molecule has 0 spiro atoms. The maximum Gasteiger partial charge on any atom is 0.209 e. The molecule has 6 heteroatoms. The average Bonchev–Trinajstić information content (AvgIpc) is 2.49. The predicted molar refractivity (Wildman–Crippen MR) is 57.3 cm³/mol. The van der Waals surface area contributed by atoms with Crippen LogP contribution in [0.3, 0.4) is 0 Å². The van der Waals surface area contributed by atoms with Crippen LogP contribution in [-0.2, 0) is 16.4 Å². The first-order chi connectivity index (χ1) is 6.51. The summed E-state index contributed by atoms with van der Waals surface area (Å²) < 4.78 is 23.2. The zero-order valence-corrected chi connectivity index (χ0v) is 10.1. The maximum absolute atomic E-state index is 11.5. The molecule has 0 aliphatic heterocycles. The van der Waals surface area contributed by atoms with E-state index in [1.807, 2.05) is 14.0 Å². The lowest BCUT2D eigenvalue weighted by Crippen LogP contribution is -2.04. The van der Waals surface area contributed by atoms with Crippen LogP contribution in [0.25, 0.3) is 0 Å². The molecule has 1 aromatic heterocycles. The Morgan fingerprint density at radius 3 is 2.64 bits per heavy atom. The minimum absolute atomic E-state index is 0.110. The van der Waals surface area contributed by atoms with Crippen LogP contribution >= 0.6 is 11.3 Å². The number of thiazole rings is 1. The summed E-state index contributed by atoms with van der Waals surface area (Å²) in [4.78, 5) is 5.05. The van der Waals surface area contributed by atoms with Gasteiger partial charge in [-0.15, -0.1) is 11.3 Å². The van der Waals surface area contributed by atoms with E-state index in [0.717, 1.165) is 10.6 Å². The number of aromatic nitrogens is 1. The van der Waals surface area contributed by atoms with Gasteiger partial charge in [0.05, 0.1) is 11.4 Å². The summed E-state index contributed by atoms with van der Waals surface area (Å²) in [5.41, 5.74) is 0.802. The summed E-state index contributed by atoms with van der Waals surface area (Å²) >= 11 is 1.25. The highest BCUT2D eigenvalue weighted by Crippen LogP contribution is 2.22. The molecule has 0 aromatic carbocycles. The van der Waals surface area contributed by atoms with Crippen molar-refractivity contribution in [1.82, 2.24) is 10.3 Å². The van der Waals surface area contributed by atoms with Gasteiger partial charge in [-0.25, -0.2) is 13.4 Å². The zero-order valence-electron chi connectivity index (χ0n) is 8.49. The monoisotopic (exact) mass is 234 g/mol. The van der Waals surface area contributed by atoms with E-state index >= 15 is 0 Å². The summed E-state index contributed by atoms with van der Waals surface area (Å²) in [7, 11) is -1.31. The topological polar surface area (TPSA) is 59.1 Å². The standard InChI is InChI=1S/C8H14N2O2S2/c1-4-14(11,12)8-10-6(2)7(13-8)5-9-3/h9H,4-5H2,1-3H3. The lowest BCUT2D eigenvalue weighted by molar-refractivity contribution is 0.596. The summed E-state index contributed by atoms with van der Waals surface area (Å²) in [5.74, 6) is 0.110. The first kappa shape index (κ1) is 11.6. The minimum atomic E-state index is -3.14. The second kappa shape index (κ2) is 4.37. The van der Waals surface area contributed by atoms with Crippen LogP contribution in [0.15, 0.2) is 4.34 Å². The zero-order chi connectivity index (χ0) is 10.8. The lowest BCUT2D eigenvalue weighted by Gasteiger charge is -1.93. The summed E-state index contributed by atoms with van der Waals surface area (Å²) in [6.07, 6.45) is 0. The van der Waals surface area contributed by atoms with Crippen LogP contribution in [0.2, 0.25) is 0 Å².